The summed E-state index contributed by atoms with van der Waals surface area (Å²) in [6.07, 6.45) is 1.74. The summed E-state index contributed by atoms with van der Waals surface area (Å²) in [7, 11) is 0. The summed E-state index contributed by atoms with van der Waals surface area (Å²) in [4.78, 5) is 18.8. The minimum atomic E-state index is -0.231. The second-order valence-corrected chi connectivity index (χ2v) is 8.33. The van der Waals surface area contributed by atoms with E-state index >= 15 is 0 Å². The van der Waals surface area contributed by atoms with Crippen molar-refractivity contribution in [2.45, 2.75) is 12.8 Å². The van der Waals surface area contributed by atoms with Gasteiger partial charge in [0, 0.05) is 26.2 Å². The normalized spacial score (nSPS) is 35.9. The van der Waals surface area contributed by atoms with Gasteiger partial charge >= 0.3 is 0 Å². The molecule has 4 heterocycles. The van der Waals surface area contributed by atoms with Crippen molar-refractivity contribution < 1.29 is 4.79 Å². The van der Waals surface area contributed by atoms with Gasteiger partial charge in [0.1, 0.15) is 0 Å². The summed E-state index contributed by atoms with van der Waals surface area (Å²) in [6, 6.07) is 21.1. The summed E-state index contributed by atoms with van der Waals surface area (Å²) < 4.78 is 0. The number of piperidine rings is 2. The molecule has 4 saturated heterocycles. The lowest BCUT2D eigenvalue weighted by Gasteiger charge is -2.63. The minimum absolute atomic E-state index is 0.231. The number of hydrogen-bond acceptors (Lipinski definition) is 3. The van der Waals surface area contributed by atoms with Crippen molar-refractivity contribution in [3.05, 3.63) is 71.8 Å². The first-order valence-electron chi connectivity index (χ1n) is 9.25. The summed E-state index contributed by atoms with van der Waals surface area (Å²) in [5, 5.41) is 0. The van der Waals surface area contributed by atoms with Crippen molar-refractivity contribution in [3.8, 4) is 0 Å². The Balaban J connectivity index is 1.51. The third-order valence-electron chi connectivity index (χ3n) is 6.24. The van der Waals surface area contributed by atoms with E-state index in [9.17, 15) is 4.79 Å². The maximum Gasteiger partial charge on any atom is 0.150 e. The molecule has 0 spiro atoms. The molecular weight excluding hydrogens is 308 g/mol. The lowest BCUT2D eigenvalue weighted by atomic mass is 9.57. The molecule has 4 fully saturated rings. The molecule has 128 valence electrons. The van der Waals surface area contributed by atoms with Gasteiger partial charge in [0.05, 0.1) is 17.5 Å². The first-order chi connectivity index (χ1) is 12.2. The number of Topliss-reactive ketones (excluding diaryl/α,β-unsaturated/α-hetero) is 1. The molecule has 2 aromatic carbocycles. The van der Waals surface area contributed by atoms with Crippen molar-refractivity contribution >= 4 is 5.78 Å². The lowest BCUT2D eigenvalue weighted by molar-refractivity contribution is -0.183. The fourth-order valence-electron chi connectivity index (χ4n) is 5.61. The molecule has 25 heavy (non-hydrogen) atoms. The SMILES string of the molecule is O=C1C2(Cc3ccccc3)CN3CN(C2)CC1(Cc1ccccc1)C3. The molecule has 4 aliphatic heterocycles. The van der Waals surface area contributed by atoms with Gasteiger partial charge in [-0.3, -0.25) is 14.6 Å². The lowest BCUT2D eigenvalue weighted by Crippen LogP contribution is -2.77. The van der Waals surface area contributed by atoms with Crippen molar-refractivity contribution in [2.75, 3.05) is 32.8 Å². The molecule has 3 nitrogen and oxygen atoms in total. The summed E-state index contributed by atoms with van der Waals surface area (Å²) in [6.45, 7) is 4.73. The molecule has 0 saturated carbocycles. The van der Waals surface area contributed by atoms with Crippen LogP contribution in [0, 0.1) is 10.8 Å². The van der Waals surface area contributed by atoms with Crippen molar-refractivity contribution in [2.24, 2.45) is 10.8 Å². The van der Waals surface area contributed by atoms with E-state index in [1.54, 1.807) is 0 Å². The van der Waals surface area contributed by atoms with Crippen molar-refractivity contribution in [3.63, 3.8) is 0 Å². The van der Waals surface area contributed by atoms with E-state index in [-0.39, 0.29) is 10.8 Å². The Bertz CT molecular complexity index is 709. The first kappa shape index (κ1) is 15.3. The molecule has 0 N–H and O–H groups in total. The van der Waals surface area contributed by atoms with Crippen LogP contribution in [0.25, 0.3) is 0 Å². The standard InChI is InChI=1S/C22H24N2O/c25-20-21(11-18-7-3-1-4-8-18)13-23-15-22(20,16-24(14-21)17-23)12-19-9-5-2-6-10-19/h1-10H,11-17H2. The zero-order chi connectivity index (χ0) is 16.9. The van der Waals surface area contributed by atoms with Crippen LogP contribution in [0.3, 0.4) is 0 Å². The highest BCUT2D eigenvalue weighted by Gasteiger charge is 2.62. The quantitative estimate of drug-likeness (QED) is 0.860. The fourth-order valence-corrected chi connectivity index (χ4v) is 5.61. The van der Waals surface area contributed by atoms with Crippen LogP contribution in [0.15, 0.2) is 60.7 Å². The van der Waals surface area contributed by atoms with Gasteiger partial charge < -0.3 is 0 Å². The number of nitrogens with zero attached hydrogens (tertiary/aromatic N) is 2. The van der Waals surface area contributed by atoms with Crippen LogP contribution < -0.4 is 0 Å². The molecule has 0 radical (unpaired) electrons. The number of carbonyl (C=O) groups is 1. The zero-order valence-electron chi connectivity index (χ0n) is 14.5. The van der Waals surface area contributed by atoms with Gasteiger partial charge in [-0.2, -0.15) is 0 Å². The maximum atomic E-state index is 13.8. The number of carbonyl (C=O) groups excluding carboxylic acids is 1. The molecule has 0 aliphatic carbocycles. The molecule has 0 atom stereocenters. The van der Waals surface area contributed by atoms with Crippen molar-refractivity contribution in [1.29, 1.82) is 0 Å². The van der Waals surface area contributed by atoms with Gasteiger partial charge in [0.15, 0.2) is 5.78 Å². The second kappa shape index (κ2) is 5.52. The number of benzene rings is 2. The third kappa shape index (κ3) is 2.45. The fraction of sp³-hybridized carbons (Fsp3) is 0.409. The third-order valence-corrected chi connectivity index (χ3v) is 6.24. The smallest absolute Gasteiger partial charge is 0.150 e. The number of rotatable bonds is 4. The predicted octanol–water partition coefficient (Wildman–Crippen LogP) is 2.62. The Morgan fingerprint density at radius 1 is 0.680 bits per heavy atom. The molecule has 6 rings (SSSR count). The Labute approximate surface area is 149 Å². The van der Waals surface area contributed by atoms with Gasteiger partial charge in [0.2, 0.25) is 0 Å². The maximum absolute atomic E-state index is 13.8. The molecular formula is C22H24N2O. The number of hydrogen-bond donors (Lipinski definition) is 0. The van der Waals surface area contributed by atoms with Crippen LogP contribution in [-0.2, 0) is 17.6 Å². The zero-order valence-corrected chi connectivity index (χ0v) is 14.5. The van der Waals surface area contributed by atoms with E-state index in [4.69, 9.17) is 0 Å². The molecule has 0 amide bonds. The van der Waals surface area contributed by atoms with E-state index in [2.05, 4.69) is 70.5 Å². The molecule has 4 bridgehead atoms. The van der Waals surface area contributed by atoms with E-state index < -0.39 is 0 Å². The first-order valence-corrected chi connectivity index (χ1v) is 9.25. The van der Waals surface area contributed by atoms with Gasteiger partial charge in [-0.15, -0.1) is 0 Å². The molecule has 2 aromatic rings. The van der Waals surface area contributed by atoms with Gasteiger partial charge in [-0.05, 0) is 24.0 Å². The Morgan fingerprint density at radius 3 is 1.48 bits per heavy atom. The van der Waals surface area contributed by atoms with Gasteiger partial charge in [-0.1, -0.05) is 60.7 Å². The Kier molecular flexibility index (Phi) is 3.37. The van der Waals surface area contributed by atoms with E-state index in [1.807, 2.05) is 0 Å². The Hall–Kier alpha value is -1.97. The molecule has 3 heteroatoms. The van der Waals surface area contributed by atoms with Crippen molar-refractivity contribution in [1.82, 2.24) is 9.80 Å². The topological polar surface area (TPSA) is 23.6 Å². The van der Waals surface area contributed by atoms with Crippen LogP contribution in [-0.4, -0.2) is 48.4 Å². The highest BCUT2D eigenvalue weighted by atomic mass is 16.1. The molecule has 0 unspecified atom stereocenters. The van der Waals surface area contributed by atoms with Crippen LogP contribution >= 0.6 is 0 Å². The highest BCUT2D eigenvalue weighted by molar-refractivity contribution is 5.94. The van der Waals surface area contributed by atoms with E-state index in [1.165, 1.54) is 11.1 Å². The number of ketones is 1. The van der Waals surface area contributed by atoms with Crippen LogP contribution in [0.4, 0.5) is 0 Å². The summed E-state index contributed by atoms with van der Waals surface area (Å²) in [5.41, 5.74) is 2.11. The Morgan fingerprint density at radius 2 is 1.08 bits per heavy atom. The highest BCUT2D eigenvalue weighted by Crippen LogP contribution is 2.49. The molecule has 4 aliphatic rings. The monoisotopic (exact) mass is 332 g/mol. The van der Waals surface area contributed by atoms with Gasteiger partial charge in [0.25, 0.3) is 0 Å². The second-order valence-electron chi connectivity index (χ2n) is 8.33. The summed E-state index contributed by atoms with van der Waals surface area (Å²) in [5.74, 6) is 0.514. The average molecular weight is 332 g/mol. The predicted molar refractivity (Wildman–Crippen MR) is 98.2 cm³/mol. The van der Waals surface area contributed by atoms with Crippen LogP contribution in [0.2, 0.25) is 0 Å². The van der Waals surface area contributed by atoms with Gasteiger partial charge in [-0.25, -0.2) is 0 Å². The van der Waals surface area contributed by atoms with Crippen LogP contribution in [0.1, 0.15) is 11.1 Å². The largest absolute Gasteiger partial charge is 0.298 e. The van der Waals surface area contributed by atoms with E-state index in [0.29, 0.717) is 5.78 Å². The summed E-state index contributed by atoms with van der Waals surface area (Å²) >= 11 is 0. The molecule has 0 aromatic heterocycles. The average Bonchev–Trinajstić information content (AvgIpc) is 2.61. The van der Waals surface area contributed by atoms with E-state index in [0.717, 1.165) is 45.7 Å². The minimum Gasteiger partial charge on any atom is -0.298 e. The van der Waals surface area contributed by atoms with Crippen LogP contribution in [0.5, 0.6) is 0 Å².